The molecule has 0 saturated heterocycles. The van der Waals surface area contributed by atoms with Crippen molar-refractivity contribution in [2.24, 2.45) is 5.10 Å². The Kier molecular flexibility index (Phi) is 6.47. The largest absolute Gasteiger partial charge is 0.490 e. The predicted molar refractivity (Wildman–Crippen MR) is 97.7 cm³/mol. The minimum absolute atomic E-state index is 0.430. The van der Waals surface area contributed by atoms with Gasteiger partial charge >= 0.3 is 11.8 Å². The number of rotatable bonds is 6. The highest BCUT2D eigenvalue weighted by molar-refractivity contribution is 6.39. The lowest BCUT2D eigenvalue weighted by Gasteiger charge is -2.04. The van der Waals surface area contributed by atoms with Gasteiger partial charge in [-0.3, -0.25) is 9.59 Å². The Morgan fingerprint density at radius 1 is 1.08 bits per heavy atom. The van der Waals surface area contributed by atoms with Gasteiger partial charge in [-0.15, -0.1) is 0 Å². The predicted octanol–water partition coefficient (Wildman–Crippen LogP) is 2.65. The first kappa shape index (κ1) is 17.9. The quantitative estimate of drug-likeness (QED) is 0.368. The third kappa shape index (κ3) is 5.95. The first-order chi connectivity index (χ1) is 12.1. The first-order valence-electron chi connectivity index (χ1n) is 7.63. The smallest absolute Gasteiger partial charge is 0.329 e. The molecule has 0 heterocycles. The fourth-order valence-corrected chi connectivity index (χ4v) is 1.85. The van der Waals surface area contributed by atoms with Gasteiger partial charge in [0, 0.05) is 5.69 Å². The third-order valence-electron chi connectivity index (χ3n) is 3.14. The van der Waals surface area contributed by atoms with Crippen molar-refractivity contribution < 1.29 is 14.3 Å². The van der Waals surface area contributed by atoms with E-state index in [0.29, 0.717) is 18.0 Å². The summed E-state index contributed by atoms with van der Waals surface area (Å²) in [5.41, 5.74) is 4.55. The van der Waals surface area contributed by atoms with Crippen LogP contribution >= 0.6 is 0 Å². The van der Waals surface area contributed by atoms with Crippen LogP contribution in [0.2, 0.25) is 0 Å². The van der Waals surface area contributed by atoms with Crippen molar-refractivity contribution in [1.29, 1.82) is 0 Å². The maximum Gasteiger partial charge on any atom is 0.329 e. The number of hydrogen-bond donors (Lipinski definition) is 2. The van der Waals surface area contributed by atoms with E-state index in [-0.39, 0.29) is 0 Å². The molecular weight excluding hydrogens is 318 g/mol. The van der Waals surface area contributed by atoms with Gasteiger partial charge in [0.05, 0.1) is 6.21 Å². The molecule has 2 aromatic carbocycles. The second-order valence-electron chi connectivity index (χ2n) is 5.19. The van der Waals surface area contributed by atoms with E-state index in [4.69, 9.17) is 4.74 Å². The molecule has 6 heteroatoms. The summed E-state index contributed by atoms with van der Waals surface area (Å²) in [5.74, 6) is -0.921. The van der Waals surface area contributed by atoms with Crippen molar-refractivity contribution >= 4 is 23.7 Å². The average Bonchev–Trinajstić information content (AvgIpc) is 2.62. The number of hydrazone groups is 1. The van der Waals surface area contributed by atoms with Crippen molar-refractivity contribution in [3.8, 4) is 5.75 Å². The Morgan fingerprint density at radius 2 is 1.76 bits per heavy atom. The number of aryl methyl sites for hydroxylation is 1. The fraction of sp³-hybridized carbons (Fsp3) is 0.105. The molecule has 0 atom stereocenters. The van der Waals surface area contributed by atoms with Crippen LogP contribution in [-0.2, 0) is 9.59 Å². The Morgan fingerprint density at radius 3 is 2.40 bits per heavy atom. The molecule has 25 heavy (non-hydrogen) atoms. The first-order valence-corrected chi connectivity index (χ1v) is 7.63. The highest BCUT2D eigenvalue weighted by Gasteiger charge is 2.12. The molecule has 2 N–H and O–H groups in total. The maximum atomic E-state index is 11.8. The zero-order valence-electron chi connectivity index (χ0n) is 13.9. The number of ether oxygens (including phenoxy) is 1. The number of amides is 2. The lowest BCUT2D eigenvalue weighted by atomic mass is 10.2. The van der Waals surface area contributed by atoms with Gasteiger partial charge in [0.25, 0.3) is 0 Å². The van der Waals surface area contributed by atoms with Crippen LogP contribution in [0.5, 0.6) is 5.75 Å². The molecule has 2 amide bonds. The van der Waals surface area contributed by atoms with Crippen LogP contribution in [0.4, 0.5) is 5.69 Å². The summed E-state index contributed by atoms with van der Waals surface area (Å²) in [6.45, 7) is 5.94. The van der Waals surface area contributed by atoms with Crippen molar-refractivity contribution in [3.05, 3.63) is 72.3 Å². The number of benzene rings is 2. The Hall–Kier alpha value is -3.41. The van der Waals surface area contributed by atoms with Gasteiger partial charge in [-0.25, -0.2) is 5.43 Å². The number of carbonyl (C=O) groups excluding carboxylic acids is 2. The van der Waals surface area contributed by atoms with Crippen molar-refractivity contribution in [1.82, 2.24) is 5.43 Å². The van der Waals surface area contributed by atoms with Crippen LogP contribution in [0, 0.1) is 6.92 Å². The third-order valence-corrected chi connectivity index (χ3v) is 3.14. The normalized spacial score (nSPS) is 10.3. The minimum Gasteiger partial charge on any atom is -0.490 e. The van der Waals surface area contributed by atoms with Gasteiger partial charge < -0.3 is 10.1 Å². The Labute approximate surface area is 146 Å². The van der Waals surface area contributed by atoms with Gasteiger partial charge in [0.2, 0.25) is 0 Å². The van der Waals surface area contributed by atoms with Crippen LogP contribution in [0.15, 0.2) is 66.3 Å². The monoisotopic (exact) mass is 337 g/mol. The molecule has 0 aromatic heterocycles. The van der Waals surface area contributed by atoms with Crippen molar-refractivity contribution in [2.45, 2.75) is 6.92 Å². The number of nitrogens with one attached hydrogen (secondary N) is 2. The van der Waals surface area contributed by atoms with Gasteiger partial charge in [-0.05, 0) is 48.9 Å². The Bertz CT molecular complexity index is 766. The molecule has 2 aromatic rings. The number of nitrogens with zero attached hydrogens (tertiary/aromatic N) is 1. The molecular formula is C19H19N3O3. The summed E-state index contributed by atoms with van der Waals surface area (Å²) in [5, 5.41) is 6.26. The van der Waals surface area contributed by atoms with Crippen molar-refractivity contribution in [2.75, 3.05) is 11.9 Å². The van der Waals surface area contributed by atoms with E-state index in [0.717, 1.165) is 11.1 Å². The van der Waals surface area contributed by atoms with Crippen LogP contribution in [0.3, 0.4) is 0 Å². The van der Waals surface area contributed by atoms with E-state index in [1.807, 2.05) is 19.1 Å². The van der Waals surface area contributed by atoms with Gasteiger partial charge in [-0.2, -0.15) is 5.10 Å². The standard InChI is InChI=1S/C19H19N3O3/c1-3-12-25-17-10-6-15(7-11-17)13-20-22-19(24)18(23)21-16-8-4-14(2)5-9-16/h3-11,13H,1,12H2,2H3,(H,21,23)(H,22,24)/b20-13+. The van der Waals surface area contributed by atoms with Gasteiger partial charge in [0.1, 0.15) is 12.4 Å². The molecule has 128 valence electrons. The molecule has 0 bridgehead atoms. The molecule has 0 spiro atoms. The maximum absolute atomic E-state index is 11.8. The molecule has 0 radical (unpaired) electrons. The van der Waals surface area contributed by atoms with E-state index in [1.54, 1.807) is 42.5 Å². The molecule has 2 rings (SSSR count). The summed E-state index contributed by atoms with van der Waals surface area (Å²) in [4.78, 5) is 23.5. The van der Waals surface area contributed by atoms with E-state index in [1.165, 1.54) is 6.21 Å². The van der Waals surface area contributed by atoms with Crippen LogP contribution in [-0.4, -0.2) is 24.6 Å². The molecule has 0 saturated carbocycles. The second kappa shape index (κ2) is 9.02. The van der Waals surface area contributed by atoms with Gasteiger partial charge in [-0.1, -0.05) is 30.4 Å². The van der Waals surface area contributed by atoms with Crippen LogP contribution in [0.25, 0.3) is 0 Å². The Balaban J connectivity index is 1.83. The fourth-order valence-electron chi connectivity index (χ4n) is 1.85. The molecule has 6 nitrogen and oxygen atoms in total. The highest BCUT2D eigenvalue weighted by atomic mass is 16.5. The highest BCUT2D eigenvalue weighted by Crippen LogP contribution is 2.11. The minimum atomic E-state index is -0.845. The zero-order valence-corrected chi connectivity index (χ0v) is 13.9. The summed E-state index contributed by atoms with van der Waals surface area (Å²) >= 11 is 0. The summed E-state index contributed by atoms with van der Waals surface area (Å²) in [6.07, 6.45) is 3.10. The molecule has 0 aliphatic heterocycles. The summed E-state index contributed by atoms with van der Waals surface area (Å²) < 4.78 is 5.36. The summed E-state index contributed by atoms with van der Waals surface area (Å²) in [6, 6.07) is 14.2. The van der Waals surface area contributed by atoms with E-state index < -0.39 is 11.8 Å². The molecule has 0 aliphatic carbocycles. The summed E-state index contributed by atoms with van der Waals surface area (Å²) in [7, 11) is 0. The second-order valence-corrected chi connectivity index (χ2v) is 5.19. The zero-order chi connectivity index (χ0) is 18.1. The number of hydrogen-bond acceptors (Lipinski definition) is 4. The molecule has 0 unspecified atom stereocenters. The molecule has 0 fully saturated rings. The lowest BCUT2D eigenvalue weighted by Crippen LogP contribution is -2.32. The average molecular weight is 337 g/mol. The van der Waals surface area contributed by atoms with E-state index >= 15 is 0 Å². The van der Waals surface area contributed by atoms with E-state index in [9.17, 15) is 9.59 Å². The van der Waals surface area contributed by atoms with Gasteiger partial charge in [0.15, 0.2) is 0 Å². The van der Waals surface area contributed by atoms with Crippen LogP contribution < -0.4 is 15.5 Å². The van der Waals surface area contributed by atoms with E-state index in [2.05, 4.69) is 22.4 Å². The topological polar surface area (TPSA) is 79.8 Å². The lowest BCUT2D eigenvalue weighted by molar-refractivity contribution is -0.136. The van der Waals surface area contributed by atoms with Crippen LogP contribution in [0.1, 0.15) is 11.1 Å². The SMILES string of the molecule is C=CCOc1ccc(/C=N/NC(=O)C(=O)Nc2ccc(C)cc2)cc1. The number of anilines is 1. The molecule has 0 aliphatic rings. The van der Waals surface area contributed by atoms with Crippen molar-refractivity contribution in [3.63, 3.8) is 0 Å². The number of carbonyl (C=O) groups is 2.